The quantitative estimate of drug-likeness (QED) is 0.649. The third-order valence-electron chi connectivity index (χ3n) is 4.46. The lowest BCUT2D eigenvalue weighted by atomic mass is 9.87. The molecule has 1 aromatic rings. The number of nitrogens with zero attached hydrogens (tertiary/aromatic N) is 1. The molecule has 1 fully saturated rings. The largest absolute Gasteiger partial charge is 0.496 e. The molecule has 1 saturated carbocycles. The molecule has 2 N–H and O–H groups in total. The van der Waals surface area contributed by atoms with Crippen molar-refractivity contribution in [3.63, 3.8) is 0 Å². The molecule has 1 aliphatic carbocycles. The minimum atomic E-state index is 0.564. The number of aliphatic imine (C=N–C) groups is 1. The Balaban J connectivity index is 1.77. The predicted molar refractivity (Wildman–Crippen MR) is 92.6 cm³/mol. The number of benzene rings is 1. The van der Waals surface area contributed by atoms with Crippen LogP contribution >= 0.6 is 0 Å². The Hall–Kier alpha value is -1.71. The molecular formula is C18H29N3O. The van der Waals surface area contributed by atoms with E-state index >= 15 is 0 Å². The summed E-state index contributed by atoms with van der Waals surface area (Å²) >= 11 is 0. The van der Waals surface area contributed by atoms with E-state index in [1.807, 2.05) is 25.2 Å². The smallest absolute Gasteiger partial charge is 0.191 e. The molecule has 1 aliphatic rings. The third kappa shape index (κ3) is 4.93. The summed E-state index contributed by atoms with van der Waals surface area (Å²) in [6.45, 7) is 3.19. The van der Waals surface area contributed by atoms with E-state index in [4.69, 9.17) is 4.74 Å². The van der Waals surface area contributed by atoms with E-state index in [-0.39, 0.29) is 0 Å². The van der Waals surface area contributed by atoms with Gasteiger partial charge in [-0.2, -0.15) is 0 Å². The SMILES string of the molecule is CN=C(NCCc1ccccc1OC)NC1CCC(C)CC1. The number of hydrogen-bond donors (Lipinski definition) is 2. The Kier molecular flexibility index (Phi) is 6.56. The van der Waals surface area contributed by atoms with Crippen molar-refractivity contribution in [2.45, 2.75) is 45.1 Å². The van der Waals surface area contributed by atoms with Crippen molar-refractivity contribution in [1.82, 2.24) is 10.6 Å². The fourth-order valence-electron chi connectivity index (χ4n) is 3.02. The van der Waals surface area contributed by atoms with Crippen LogP contribution in [0.25, 0.3) is 0 Å². The van der Waals surface area contributed by atoms with Gasteiger partial charge in [-0.05, 0) is 49.7 Å². The molecule has 0 aliphatic heterocycles. The second kappa shape index (κ2) is 8.66. The Morgan fingerprint density at radius 1 is 1.23 bits per heavy atom. The molecule has 0 aromatic heterocycles. The summed E-state index contributed by atoms with van der Waals surface area (Å²) in [4.78, 5) is 4.34. The number of ether oxygens (including phenoxy) is 1. The van der Waals surface area contributed by atoms with Gasteiger partial charge in [0.2, 0.25) is 0 Å². The second-order valence-electron chi connectivity index (χ2n) is 6.16. The summed E-state index contributed by atoms with van der Waals surface area (Å²) in [6.07, 6.45) is 6.04. The van der Waals surface area contributed by atoms with Gasteiger partial charge >= 0.3 is 0 Å². The van der Waals surface area contributed by atoms with Crippen LogP contribution in [-0.2, 0) is 6.42 Å². The van der Waals surface area contributed by atoms with Crippen LogP contribution in [0.15, 0.2) is 29.3 Å². The highest BCUT2D eigenvalue weighted by molar-refractivity contribution is 5.79. The molecule has 0 saturated heterocycles. The van der Waals surface area contributed by atoms with Gasteiger partial charge in [-0.15, -0.1) is 0 Å². The van der Waals surface area contributed by atoms with Crippen LogP contribution < -0.4 is 15.4 Å². The Labute approximate surface area is 134 Å². The molecule has 2 rings (SSSR count). The van der Waals surface area contributed by atoms with Gasteiger partial charge in [0.05, 0.1) is 7.11 Å². The van der Waals surface area contributed by atoms with Gasteiger partial charge in [0.25, 0.3) is 0 Å². The molecular weight excluding hydrogens is 274 g/mol. The van der Waals surface area contributed by atoms with Crippen LogP contribution in [0.5, 0.6) is 5.75 Å². The summed E-state index contributed by atoms with van der Waals surface area (Å²) in [7, 11) is 3.56. The molecule has 0 heterocycles. The molecule has 0 unspecified atom stereocenters. The van der Waals surface area contributed by atoms with Crippen molar-refractivity contribution in [3.8, 4) is 5.75 Å². The van der Waals surface area contributed by atoms with Gasteiger partial charge in [0.1, 0.15) is 5.75 Å². The summed E-state index contributed by atoms with van der Waals surface area (Å²) in [5.74, 6) is 2.74. The number of methoxy groups -OCH3 is 1. The highest BCUT2D eigenvalue weighted by Crippen LogP contribution is 2.23. The van der Waals surface area contributed by atoms with Crippen LogP contribution in [0.3, 0.4) is 0 Å². The molecule has 122 valence electrons. The van der Waals surface area contributed by atoms with Gasteiger partial charge < -0.3 is 15.4 Å². The van der Waals surface area contributed by atoms with Gasteiger partial charge in [-0.25, -0.2) is 0 Å². The van der Waals surface area contributed by atoms with Crippen molar-refractivity contribution in [2.24, 2.45) is 10.9 Å². The molecule has 0 atom stereocenters. The van der Waals surface area contributed by atoms with Crippen LogP contribution in [0.1, 0.15) is 38.2 Å². The van der Waals surface area contributed by atoms with Crippen molar-refractivity contribution in [3.05, 3.63) is 29.8 Å². The molecule has 22 heavy (non-hydrogen) atoms. The maximum absolute atomic E-state index is 5.39. The molecule has 0 radical (unpaired) electrons. The summed E-state index contributed by atoms with van der Waals surface area (Å²) in [5.41, 5.74) is 1.22. The first-order valence-corrected chi connectivity index (χ1v) is 8.32. The maximum atomic E-state index is 5.39. The van der Waals surface area contributed by atoms with Crippen LogP contribution in [-0.4, -0.2) is 32.7 Å². The zero-order valence-corrected chi connectivity index (χ0v) is 14.1. The predicted octanol–water partition coefficient (Wildman–Crippen LogP) is 2.98. The normalized spacial score (nSPS) is 22.2. The first-order valence-electron chi connectivity index (χ1n) is 8.32. The number of para-hydroxylation sites is 1. The fourth-order valence-corrected chi connectivity index (χ4v) is 3.02. The topological polar surface area (TPSA) is 45.7 Å². The lowest BCUT2D eigenvalue weighted by Gasteiger charge is -2.28. The summed E-state index contributed by atoms with van der Waals surface area (Å²) in [5, 5.41) is 6.96. The first-order chi connectivity index (χ1) is 10.7. The molecule has 0 bridgehead atoms. The first kappa shape index (κ1) is 16.7. The van der Waals surface area contributed by atoms with E-state index in [1.54, 1.807) is 7.11 Å². The Bertz CT molecular complexity index is 479. The van der Waals surface area contributed by atoms with Crippen molar-refractivity contribution in [2.75, 3.05) is 20.7 Å². The van der Waals surface area contributed by atoms with Gasteiger partial charge in [0, 0.05) is 19.6 Å². The monoisotopic (exact) mass is 303 g/mol. The van der Waals surface area contributed by atoms with E-state index in [2.05, 4.69) is 28.6 Å². The number of guanidine groups is 1. The Morgan fingerprint density at radius 3 is 2.64 bits per heavy atom. The lowest BCUT2D eigenvalue weighted by molar-refractivity contribution is 0.329. The van der Waals surface area contributed by atoms with Gasteiger partial charge in [-0.1, -0.05) is 25.1 Å². The third-order valence-corrected chi connectivity index (χ3v) is 4.46. The second-order valence-corrected chi connectivity index (χ2v) is 6.16. The van der Waals surface area contributed by atoms with Crippen molar-refractivity contribution >= 4 is 5.96 Å². The number of rotatable bonds is 5. The zero-order chi connectivity index (χ0) is 15.8. The van der Waals surface area contributed by atoms with Crippen molar-refractivity contribution in [1.29, 1.82) is 0 Å². The maximum Gasteiger partial charge on any atom is 0.191 e. The fraction of sp³-hybridized carbons (Fsp3) is 0.611. The minimum absolute atomic E-state index is 0.564. The minimum Gasteiger partial charge on any atom is -0.496 e. The van der Waals surface area contributed by atoms with Crippen molar-refractivity contribution < 1.29 is 4.74 Å². The molecule has 4 nitrogen and oxygen atoms in total. The average molecular weight is 303 g/mol. The van der Waals surface area contributed by atoms with Crippen LogP contribution in [0.4, 0.5) is 0 Å². The standard InChI is InChI=1S/C18H29N3O/c1-14-8-10-16(11-9-14)21-18(19-2)20-13-12-15-6-4-5-7-17(15)22-3/h4-7,14,16H,8-13H2,1-3H3,(H2,19,20,21). The Morgan fingerprint density at radius 2 is 1.95 bits per heavy atom. The summed E-state index contributed by atoms with van der Waals surface area (Å²) in [6, 6.07) is 8.73. The van der Waals surface area contributed by atoms with Gasteiger partial charge in [-0.3, -0.25) is 4.99 Å². The molecule has 4 heteroatoms. The van der Waals surface area contributed by atoms with Gasteiger partial charge in [0.15, 0.2) is 5.96 Å². The number of hydrogen-bond acceptors (Lipinski definition) is 2. The van der Waals surface area contributed by atoms with E-state index in [1.165, 1.54) is 31.2 Å². The summed E-state index contributed by atoms with van der Waals surface area (Å²) < 4.78 is 5.39. The average Bonchev–Trinajstić information content (AvgIpc) is 2.56. The van der Waals surface area contributed by atoms with E-state index in [0.29, 0.717) is 6.04 Å². The highest BCUT2D eigenvalue weighted by Gasteiger charge is 2.18. The van der Waals surface area contributed by atoms with E-state index in [9.17, 15) is 0 Å². The van der Waals surface area contributed by atoms with Crippen LogP contribution in [0.2, 0.25) is 0 Å². The van der Waals surface area contributed by atoms with Crippen LogP contribution in [0, 0.1) is 5.92 Å². The lowest BCUT2D eigenvalue weighted by Crippen LogP contribution is -2.45. The molecule has 1 aromatic carbocycles. The molecule has 0 spiro atoms. The number of nitrogens with one attached hydrogen (secondary N) is 2. The zero-order valence-electron chi connectivity index (χ0n) is 14.1. The van der Waals surface area contributed by atoms with E-state index < -0.39 is 0 Å². The molecule has 0 amide bonds. The highest BCUT2D eigenvalue weighted by atomic mass is 16.5. The van der Waals surface area contributed by atoms with E-state index in [0.717, 1.165) is 30.6 Å².